The molecule has 2 aliphatic rings. The zero-order valence-corrected chi connectivity index (χ0v) is 11.3. The van der Waals surface area contributed by atoms with Gasteiger partial charge in [0.25, 0.3) is 0 Å². The summed E-state index contributed by atoms with van der Waals surface area (Å²) >= 11 is 0. The van der Waals surface area contributed by atoms with Crippen LogP contribution in [0, 0.1) is 5.92 Å². The Hall–Kier alpha value is -0.570. The van der Waals surface area contributed by atoms with E-state index in [1.165, 1.54) is 32.4 Å². The molecule has 0 aromatic carbocycles. The molecule has 0 radical (unpaired) electrons. The van der Waals surface area contributed by atoms with Crippen LogP contribution in [0.1, 0.15) is 46.0 Å². The van der Waals surface area contributed by atoms with Crippen LogP contribution in [0.4, 0.5) is 0 Å². The van der Waals surface area contributed by atoms with Crippen molar-refractivity contribution in [2.75, 3.05) is 26.2 Å². The Balaban J connectivity index is 1.68. The molecule has 98 valence electrons. The second-order valence-corrected chi connectivity index (χ2v) is 5.77. The third kappa shape index (κ3) is 4.30. The van der Waals surface area contributed by atoms with E-state index < -0.39 is 0 Å². The van der Waals surface area contributed by atoms with Crippen LogP contribution in [0.5, 0.6) is 0 Å². The first kappa shape index (κ1) is 12.9. The molecule has 2 heterocycles. The van der Waals surface area contributed by atoms with Crippen molar-refractivity contribution in [2.45, 2.75) is 52.0 Å². The number of piperidine rings is 1. The van der Waals surface area contributed by atoms with E-state index in [-0.39, 0.29) is 0 Å². The zero-order chi connectivity index (χ0) is 12.1. The van der Waals surface area contributed by atoms with Crippen LogP contribution in [0.15, 0.2) is 4.99 Å². The van der Waals surface area contributed by atoms with Crippen molar-refractivity contribution in [3.05, 3.63) is 0 Å². The van der Waals surface area contributed by atoms with E-state index >= 15 is 0 Å². The van der Waals surface area contributed by atoms with Gasteiger partial charge in [-0.1, -0.05) is 20.3 Å². The molecule has 0 bridgehead atoms. The van der Waals surface area contributed by atoms with Gasteiger partial charge < -0.3 is 9.64 Å². The number of ether oxygens (including phenoxy) is 1. The van der Waals surface area contributed by atoms with E-state index in [9.17, 15) is 0 Å². The Bertz CT molecular complexity index is 257. The Morgan fingerprint density at radius 2 is 2.06 bits per heavy atom. The predicted molar refractivity (Wildman–Crippen MR) is 71.5 cm³/mol. The van der Waals surface area contributed by atoms with Crippen molar-refractivity contribution in [1.29, 1.82) is 0 Å². The molecular formula is C14H26N2O. The zero-order valence-electron chi connectivity index (χ0n) is 11.3. The van der Waals surface area contributed by atoms with E-state index in [1.54, 1.807) is 0 Å². The Kier molecular flexibility index (Phi) is 4.84. The molecular weight excluding hydrogens is 212 g/mol. The predicted octanol–water partition coefficient (Wildman–Crippen LogP) is 2.71. The maximum Gasteiger partial charge on any atom is 0.184 e. The van der Waals surface area contributed by atoms with Crippen LogP contribution in [-0.2, 0) is 4.74 Å². The molecule has 2 aliphatic heterocycles. The van der Waals surface area contributed by atoms with Gasteiger partial charge in [-0.3, -0.25) is 0 Å². The number of hydrogen-bond acceptors (Lipinski definition) is 3. The van der Waals surface area contributed by atoms with E-state index in [0.29, 0.717) is 12.0 Å². The fourth-order valence-corrected chi connectivity index (χ4v) is 2.71. The largest absolute Gasteiger partial charge is 0.479 e. The van der Waals surface area contributed by atoms with Crippen molar-refractivity contribution >= 4 is 5.90 Å². The smallest absolute Gasteiger partial charge is 0.184 e. The Morgan fingerprint density at radius 1 is 1.29 bits per heavy atom. The molecule has 3 heteroatoms. The monoisotopic (exact) mass is 238 g/mol. The topological polar surface area (TPSA) is 24.8 Å². The fourth-order valence-electron chi connectivity index (χ4n) is 2.71. The number of rotatable bonds is 5. The van der Waals surface area contributed by atoms with Crippen LogP contribution < -0.4 is 0 Å². The first-order valence-electron chi connectivity index (χ1n) is 7.16. The molecule has 0 N–H and O–H groups in total. The summed E-state index contributed by atoms with van der Waals surface area (Å²) < 4.78 is 5.68. The van der Waals surface area contributed by atoms with Gasteiger partial charge in [0, 0.05) is 13.0 Å². The van der Waals surface area contributed by atoms with Gasteiger partial charge in [-0.05, 0) is 38.3 Å². The molecule has 3 nitrogen and oxygen atoms in total. The summed E-state index contributed by atoms with van der Waals surface area (Å²) in [7, 11) is 0. The van der Waals surface area contributed by atoms with E-state index in [0.717, 1.165) is 31.9 Å². The lowest BCUT2D eigenvalue weighted by atomic mass is 10.1. The molecule has 1 saturated heterocycles. The van der Waals surface area contributed by atoms with Gasteiger partial charge in [0.05, 0.1) is 6.04 Å². The van der Waals surface area contributed by atoms with Crippen LogP contribution in [0.25, 0.3) is 0 Å². The first-order chi connectivity index (χ1) is 8.24. The van der Waals surface area contributed by atoms with Crippen molar-refractivity contribution in [1.82, 2.24) is 4.90 Å². The van der Waals surface area contributed by atoms with Crippen molar-refractivity contribution in [2.24, 2.45) is 10.9 Å². The van der Waals surface area contributed by atoms with Gasteiger partial charge >= 0.3 is 0 Å². The molecule has 0 saturated carbocycles. The molecule has 1 fully saturated rings. The second kappa shape index (κ2) is 6.39. The maximum atomic E-state index is 5.68. The van der Waals surface area contributed by atoms with Crippen molar-refractivity contribution in [3.8, 4) is 0 Å². The summed E-state index contributed by atoms with van der Waals surface area (Å²) in [4.78, 5) is 7.23. The van der Waals surface area contributed by atoms with Gasteiger partial charge in [-0.25, -0.2) is 4.99 Å². The minimum absolute atomic E-state index is 0.423. The third-order valence-electron chi connectivity index (χ3n) is 3.60. The summed E-state index contributed by atoms with van der Waals surface area (Å²) in [5.41, 5.74) is 0. The highest BCUT2D eigenvalue weighted by molar-refractivity contribution is 5.77. The number of nitrogens with zero attached hydrogens (tertiary/aromatic N) is 2. The molecule has 0 amide bonds. The fraction of sp³-hybridized carbons (Fsp3) is 0.929. The summed E-state index contributed by atoms with van der Waals surface area (Å²) in [5, 5.41) is 0. The SMILES string of the molecule is CC(C)CC1COC(CCN2CCCCC2)=N1. The lowest BCUT2D eigenvalue weighted by Crippen LogP contribution is -2.31. The summed E-state index contributed by atoms with van der Waals surface area (Å²) in [6, 6.07) is 0.423. The van der Waals surface area contributed by atoms with Crippen molar-refractivity contribution in [3.63, 3.8) is 0 Å². The molecule has 1 unspecified atom stereocenters. The van der Waals surface area contributed by atoms with Gasteiger partial charge in [-0.15, -0.1) is 0 Å². The van der Waals surface area contributed by atoms with Crippen LogP contribution in [-0.4, -0.2) is 43.1 Å². The maximum absolute atomic E-state index is 5.68. The molecule has 1 atom stereocenters. The Morgan fingerprint density at radius 3 is 2.76 bits per heavy atom. The summed E-state index contributed by atoms with van der Waals surface area (Å²) in [6.07, 6.45) is 6.30. The molecule has 0 aliphatic carbocycles. The Labute approximate surface area is 105 Å². The van der Waals surface area contributed by atoms with E-state index in [2.05, 4.69) is 23.7 Å². The highest BCUT2D eigenvalue weighted by atomic mass is 16.5. The molecule has 17 heavy (non-hydrogen) atoms. The van der Waals surface area contributed by atoms with E-state index in [1.807, 2.05) is 0 Å². The van der Waals surface area contributed by atoms with Crippen LogP contribution in [0.3, 0.4) is 0 Å². The van der Waals surface area contributed by atoms with Crippen molar-refractivity contribution < 1.29 is 4.74 Å². The molecule has 0 aromatic rings. The number of hydrogen-bond donors (Lipinski definition) is 0. The minimum Gasteiger partial charge on any atom is -0.479 e. The van der Waals surface area contributed by atoms with Gasteiger partial charge in [0.2, 0.25) is 0 Å². The highest BCUT2D eigenvalue weighted by Gasteiger charge is 2.20. The number of likely N-dealkylation sites (tertiary alicyclic amines) is 1. The van der Waals surface area contributed by atoms with E-state index in [4.69, 9.17) is 4.74 Å². The lowest BCUT2D eigenvalue weighted by Gasteiger charge is -2.25. The standard InChI is InChI=1S/C14H26N2O/c1-12(2)10-13-11-17-14(15-13)6-9-16-7-4-3-5-8-16/h12-13H,3-11H2,1-2H3. The van der Waals surface area contributed by atoms with Gasteiger partial charge in [0.15, 0.2) is 5.90 Å². The van der Waals surface area contributed by atoms with Crippen LogP contribution >= 0.6 is 0 Å². The molecule has 0 spiro atoms. The molecule has 0 aromatic heterocycles. The normalized spacial score (nSPS) is 26.1. The first-order valence-corrected chi connectivity index (χ1v) is 7.16. The van der Waals surface area contributed by atoms with Crippen LogP contribution in [0.2, 0.25) is 0 Å². The number of aliphatic imine (C=N–C) groups is 1. The quantitative estimate of drug-likeness (QED) is 0.735. The summed E-state index contributed by atoms with van der Waals surface area (Å²) in [6.45, 7) is 8.98. The molecule has 2 rings (SSSR count). The highest BCUT2D eigenvalue weighted by Crippen LogP contribution is 2.16. The van der Waals surface area contributed by atoms with Gasteiger partial charge in [-0.2, -0.15) is 0 Å². The summed E-state index contributed by atoms with van der Waals surface area (Å²) in [5.74, 6) is 1.72. The average Bonchev–Trinajstić information content (AvgIpc) is 2.75. The minimum atomic E-state index is 0.423. The lowest BCUT2D eigenvalue weighted by molar-refractivity contribution is 0.227. The third-order valence-corrected chi connectivity index (χ3v) is 3.60. The second-order valence-electron chi connectivity index (χ2n) is 5.77. The average molecular weight is 238 g/mol. The van der Waals surface area contributed by atoms with Gasteiger partial charge in [0.1, 0.15) is 6.61 Å².